The molecule has 0 radical (unpaired) electrons. The van der Waals surface area contributed by atoms with Crippen molar-refractivity contribution in [2.24, 2.45) is 5.73 Å². The number of phenols is 1. The molecule has 0 aliphatic rings. The van der Waals surface area contributed by atoms with Crippen molar-refractivity contribution in [2.75, 3.05) is 0 Å². The maximum Gasteiger partial charge on any atom is 0.126 e. The van der Waals surface area contributed by atoms with Crippen molar-refractivity contribution in [2.45, 2.75) is 38.9 Å². The number of alkyl halides is 1. The van der Waals surface area contributed by atoms with E-state index in [1.165, 1.54) is 13.0 Å². The second-order valence-electron chi connectivity index (χ2n) is 4.67. The van der Waals surface area contributed by atoms with E-state index < -0.39 is 6.17 Å². The maximum absolute atomic E-state index is 13.1. The monoisotopic (exact) mass is 211 g/mol. The molecule has 1 atom stereocenters. The lowest BCUT2D eigenvalue weighted by atomic mass is 9.94. The van der Waals surface area contributed by atoms with Crippen LogP contribution >= 0.6 is 0 Å². The average molecular weight is 211 g/mol. The summed E-state index contributed by atoms with van der Waals surface area (Å²) in [7, 11) is 0. The van der Waals surface area contributed by atoms with Crippen molar-refractivity contribution in [3.63, 3.8) is 0 Å². The number of rotatable bonds is 3. The highest BCUT2D eigenvalue weighted by molar-refractivity contribution is 5.38. The van der Waals surface area contributed by atoms with E-state index >= 15 is 0 Å². The summed E-state index contributed by atoms with van der Waals surface area (Å²) in [6.45, 7) is 5.24. The predicted octanol–water partition coefficient (Wildman–Crippen LogP) is 2.70. The van der Waals surface area contributed by atoms with Crippen LogP contribution < -0.4 is 5.73 Å². The molecule has 3 N–H and O–H groups in total. The first-order chi connectivity index (χ1) is 6.79. The van der Waals surface area contributed by atoms with Crippen molar-refractivity contribution in [3.8, 4) is 5.75 Å². The Balaban J connectivity index is 2.98. The number of hydrogen-bond acceptors (Lipinski definition) is 2. The van der Waals surface area contributed by atoms with Gasteiger partial charge in [-0.3, -0.25) is 0 Å². The van der Waals surface area contributed by atoms with Crippen molar-refractivity contribution in [1.82, 2.24) is 0 Å². The number of hydrogen-bond donors (Lipinski definition) is 2. The Morgan fingerprint density at radius 3 is 2.53 bits per heavy atom. The molecule has 1 aromatic carbocycles. The molecule has 0 spiro atoms. The first-order valence-corrected chi connectivity index (χ1v) is 5.04. The van der Waals surface area contributed by atoms with Crippen LogP contribution in [0.1, 0.15) is 38.1 Å². The smallest absolute Gasteiger partial charge is 0.126 e. The van der Waals surface area contributed by atoms with E-state index in [0.29, 0.717) is 12.0 Å². The van der Waals surface area contributed by atoms with Gasteiger partial charge in [0.2, 0.25) is 0 Å². The van der Waals surface area contributed by atoms with E-state index in [1.54, 1.807) is 12.1 Å². The molecular weight excluding hydrogens is 193 g/mol. The molecule has 0 aliphatic carbocycles. The Hall–Kier alpha value is -1.09. The fraction of sp³-hybridized carbons (Fsp3) is 0.500. The molecule has 0 heterocycles. The molecule has 1 unspecified atom stereocenters. The van der Waals surface area contributed by atoms with Crippen LogP contribution in [0.15, 0.2) is 18.2 Å². The first kappa shape index (κ1) is 12.0. The van der Waals surface area contributed by atoms with E-state index in [4.69, 9.17) is 5.73 Å². The Kier molecular flexibility index (Phi) is 3.35. The normalized spacial score (nSPS) is 13.9. The van der Waals surface area contributed by atoms with Crippen molar-refractivity contribution >= 4 is 0 Å². The quantitative estimate of drug-likeness (QED) is 0.807. The van der Waals surface area contributed by atoms with Crippen molar-refractivity contribution in [1.29, 1.82) is 0 Å². The first-order valence-electron chi connectivity index (χ1n) is 5.04. The Labute approximate surface area is 89.9 Å². The van der Waals surface area contributed by atoms with Crippen LogP contribution in [0.3, 0.4) is 0 Å². The average Bonchev–Trinajstić information content (AvgIpc) is 2.05. The second kappa shape index (κ2) is 4.19. The lowest BCUT2D eigenvalue weighted by Gasteiger charge is -2.19. The molecular formula is C12H18FNO. The van der Waals surface area contributed by atoms with Gasteiger partial charge in [-0.25, -0.2) is 4.39 Å². The highest BCUT2D eigenvalue weighted by atomic mass is 19.1. The summed E-state index contributed by atoms with van der Waals surface area (Å²) in [6.07, 6.45) is -0.502. The lowest BCUT2D eigenvalue weighted by molar-refractivity contribution is 0.355. The van der Waals surface area contributed by atoms with Crippen LogP contribution in [0.25, 0.3) is 0 Å². The summed E-state index contributed by atoms with van der Waals surface area (Å²) < 4.78 is 13.1. The summed E-state index contributed by atoms with van der Waals surface area (Å²) in [4.78, 5) is 0. The predicted molar refractivity (Wildman–Crippen MR) is 59.6 cm³/mol. The minimum atomic E-state index is -1.16. The van der Waals surface area contributed by atoms with Crippen LogP contribution in [0, 0.1) is 0 Å². The standard InChI is InChI=1S/C12H18FNO/c1-8(13)10-6-9(4-5-11(10)15)7-12(2,3)14/h4-6,8,15H,7,14H2,1-3H3. The molecule has 3 heteroatoms. The zero-order valence-corrected chi connectivity index (χ0v) is 9.42. The molecule has 0 bridgehead atoms. The number of aromatic hydroxyl groups is 1. The fourth-order valence-corrected chi connectivity index (χ4v) is 1.56. The molecule has 1 rings (SSSR count). The molecule has 0 aliphatic heterocycles. The van der Waals surface area contributed by atoms with Gasteiger partial charge in [0, 0.05) is 11.1 Å². The molecule has 15 heavy (non-hydrogen) atoms. The van der Waals surface area contributed by atoms with Gasteiger partial charge in [-0.2, -0.15) is 0 Å². The van der Waals surface area contributed by atoms with Gasteiger partial charge in [-0.1, -0.05) is 6.07 Å². The number of benzene rings is 1. The van der Waals surface area contributed by atoms with E-state index in [1.807, 2.05) is 13.8 Å². The number of halogens is 1. The molecule has 0 aromatic heterocycles. The molecule has 1 aromatic rings. The molecule has 0 saturated heterocycles. The van der Waals surface area contributed by atoms with Gasteiger partial charge in [0.1, 0.15) is 11.9 Å². The van der Waals surface area contributed by atoms with Crippen LogP contribution in [-0.4, -0.2) is 10.6 Å². The largest absolute Gasteiger partial charge is 0.508 e. The van der Waals surface area contributed by atoms with Crippen LogP contribution in [0.2, 0.25) is 0 Å². The second-order valence-corrected chi connectivity index (χ2v) is 4.67. The van der Waals surface area contributed by atoms with Gasteiger partial charge in [0.15, 0.2) is 0 Å². The van der Waals surface area contributed by atoms with Crippen molar-refractivity contribution in [3.05, 3.63) is 29.3 Å². The summed E-state index contributed by atoms with van der Waals surface area (Å²) >= 11 is 0. The van der Waals surface area contributed by atoms with Crippen LogP contribution in [-0.2, 0) is 6.42 Å². The topological polar surface area (TPSA) is 46.2 Å². The molecule has 0 saturated carbocycles. The molecule has 0 fully saturated rings. The van der Waals surface area contributed by atoms with Crippen LogP contribution in [0.5, 0.6) is 5.75 Å². The van der Waals surface area contributed by atoms with Gasteiger partial charge in [-0.15, -0.1) is 0 Å². The molecule has 2 nitrogen and oxygen atoms in total. The highest BCUT2D eigenvalue weighted by Gasteiger charge is 2.15. The van der Waals surface area contributed by atoms with E-state index in [0.717, 1.165) is 5.56 Å². The van der Waals surface area contributed by atoms with Gasteiger partial charge in [-0.05, 0) is 44.9 Å². The Morgan fingerprint density at radius 2 is 2.07 bits per heavy atom. The van der Waals surface area contributed by atoms with Gasteiger partial charge in [0.25, 0.3) is 0 Å². The third kappa shape index (κ3) is 3.51. The number of nitrogens with two attached hydrogens (primary N) is 1. The van der Waals surface area contributed by atoms with E-state index in [9.17, 15) is 9.50 Å². The van der Waals surface area contributed by atoms with Crippen LogP contribution in [0.4, 0.5) is 4.39 Å². The zero-order chi connectivity index (χ0) is 11.6. The van der Waals surface area contributed by atoms with Gasteiger partial charge < -0.3 is 10.8 Å². The molecule has 0 amide bonds. The van der Waals surface area contributed by atoms with E-state index in [-0.39, 0.29) is 11.3 Å². The van der Waals surface area contributed by atoms with Crippen molar-refractivity contribution < 1.29 is 9.50 Å². The summed E-state index contributed by atoms with van der Waals surface area (Å²) in [5, 5.41) is 9.43. The summed E-state index contributed by atoms with van der Waals surface area (Å²) in [6, 6.07) is 4.97. The Bertz CT molecular complexity index is 342. The van der Waals surface area contributed by atoms with Gasteiger partial charge >= 0.3 is 0 Å². The summed E-state index contributed by atoms with van der Waals surface area (Å²) in [5.74, 6) is 0.00331. The third-order valence-corrected chi connectivity index (χ3v) is 2.18. The fourth-order valence-electron chi connectivity index (χ4n) is 1.56. The lowest BCUT2D eigenvalue weighted by Crippen LogP contribution is -2.34. The van der Waals surface area contributed by atoms with E-state index in [2.05, 4.69) is 0 Å². The minimum absolute atomic E-state index is 0.00331. The third-order valence-electron chi connectivity index (χ3n) is 2.18. The maximum atomic E-state index is 13.1. The zero-order valence-electron chi connectivity index (χ0n) is 9.42. The molecule has 84 valence electrons. The minimum Gasteiger partial charge on any atom is -0.508 e. The summed E-state index contributed by atoms with van der Waals surface area (Å²) in [5.41, 5.74) is 6.82. The Morgan fingerprint density at radius 1 is 1.47 bits per heavy atom. The SMILES string of the molecule is CC(F)c1cc(CC(C)(C)N)ccc1O. The van der Waals surface area contributed by atoms with Gasteiger partial charge in [0.05, 0.1) is 0 Å². The number of phenolic OH excluding ortho intramolecular Hbond substituents is 1. The highest BCUT2D eigenvalue weighted by Crippen LogP contribution is 2.28.